The quantitative estimate of drug-likeness (QED) is 0.754. The zero-order valence-electron chi connectivity index (χ0n) is 8.26. The van der Waals surface area contributed by atoms with Crippen molar-refractivity contribution < 1.29 is 10.2 Å². The lowest BCUT2D eigenvalue weighted by Crippen LogP contribution is -1.87. The van der Waals surface area contributed by atoms with Crippen LogP contribution in [0.15, 0.2) is 12.1 Å². The molecule has 0 saturated carbocycles. The van der Waals surface area contributed by atoms with Crippen LogP contribution in [0, 0.1) is 0 Å². The lowest BCUT2D eigenvalue weighted by atomic mass is 10.1. The molecule has 78 valence electrons. The minimum Gasteiger partial charge on any atom is -0.508 e. The fourth-order valence-electron chi connectivity index (χ4n) is 1.36. The second kappa shape index (κ2) is 5.11. The predicted molar refractivity (Wildman–Crippen MR) is 58.0 cm³/mol. The monoisotopic (exact) mass is 214 g/mol. The van der Waals surface area contributed by atoms with E-state index in [1.54, 1.807) is 6.07 Å². The minimum atomic E-state index is -0.0663. The zero-order valence-corrected chi connectivity index (χ0v) is 9.01. The number of phenols is 2. The highest BCUT2D eigenvalue weighted by molar-refractivity contribution is 6.32. The van der Waals surface area contributed by atoms with Gasteiger partial charge in [0.25, 0.3) is 0 Å². The Morgan fingerprint density at radius 3 is 2.50 bits per heavy atom. The molecule has 0 spiro atoms. The molecule has 1 aromatic carbocycles. The molecule has 0 aliphatic carbocycles. The molecule has 1 rings (SSSR count). The molecule has 2 N–H and O–H groups in total. The van der Waals surface area contributed by atoms with Gasteiger partial charge in [-0.2, -0.15) is 0 Å². The second-order valence-corrected chi connectivity index (χ2v) is 3.80. The van der Waals surface area contributed by atoms with E-state index in [2.05, 4.69) is 6.92 Å². The largest absolute Gasteiger partial charge is 0.508 e. The fraction of sp³-hybridized carbons (Fsp3) is 0.455. The average Bonchev–Trinajstić information content (AvgIpc) is 2.14. The van der Waals surface area contributed by atoms with E-state index >= 15 is 0 Å². The van der Waals surface area contributed by atoms with Crippen molar-refractivity contribution in [1.82, 2.24) is 0 Å². The van der Waals surface area contributed by atoms with Crippen molar-refractivity contribution in [2.75, 3.05) is 0 Å². The molecular weight excluding hydrogens is 200 g/mol. The molecule has 3 heteroatoms. The van der Waals surface area contributed by atoms with Gasteiger partial charge < -0.3 is 10.2 Å². The first-order valence-corrected chi connectivity index (χ1v) is 5.23. The fourth-order valence-corrected chi connectivity index (χ4v) is 1.54. The summed E-state index contributed by atoms with van der Waals surface area (Å²) in [5, 5.41) is 19.0. The van der Waals surface area contributed by atoms with Gasteiger partial charge in [0.05, 0.1) is 5.02 Å². The molecule has 0 saturated heterocycles. The van der Waals surface area contributed by atoms with Crippen molar-refractivity contribution in [2.45, 2.75) is 32.6 Å². The Morgan fingerprint density at radius 1 is 1.14 bits per heavy atom. The number of aryl methyl sites for hydroxylation is 1. The second-order valence-electron chi connectivity index (χ2n) is 3.39. The summed E-state index contributed by atoms with van der Waals surface area (Å²) in [7, 11) is 0. The molecule has 0 aliphatic heterocycles. The molecule has 0 aromatic heterocycles. The van der Waals surface area contributed by atoms with Gasteiger partial charge in [0.2, 0.25) is 0 Å². The Balaban J connectivity index is 2.72. The molecule has 0 radical (unpaired) electrons. The number of hydrogen-bond acceptors (Lipinski definition) is 2. The van der Waals surface area contributed by atoms with Crippen LogP contribution in [-0.4, -0.2) is 10.2 Å². The van der Waals surface area contributed by atoms with Crippen molar-refractivity contribution in [3.8, 4) is 11.5 Å². The zero-order chi connectivity index (χ0) is 10.6. The van der Waals surface area contributed by atoms with Gasteiger partial charge in [0, 0.05) is 6.07 Å². The number of aromatic hydroxyl groups is 2. The van der Waals surface area contributed by atoms with Gasteiger partial charge in [-0.3, -0.25) is 0 Å². The first-order chi connectivity index (χ1) is 6.65. The van der Waals surface area contributed by atoms with Gasteiger partial charge in [-0.15, -0.1) is 0 Å². The highest BCUT2D eigenvalue weighted by atomic mass is 35.5. The molecule has 0 unspecified atom stereocenters. The highest BCUT2D eigenvalue weighted by Crippen LogP contribution is 2.31. The smallest absolute Gasteiger partial charge is 0.137 e. The molecule has 0 fully saturated rings. The number of benzene rings is 1. The Hall–Kier alpha value is -0.890. The third-order valence-corrected chi connectivity index (χ3v) is 2.50. The van der Waals surface area contributed by atoms with Gasteiger partial charge >= 0.3 is 0 Å². The van der Waals surface area contributed by atoms with Gasteiger partial charge in [0.15, 0.2) is 0 Å². The van der Waals surface area contributed by atoms with Crippen LogP contribution in [0.2, 0.25) is 5.02 Å². The Labute approximate surface area is 89.1 Å². The standard InChI is InChI=1S/C11H15ClO2/c1-2-3-4-5-8-6-9(12)11(14)7-10(8)13/h6-7,13-14H,2-5H2,1H3. The van der Waals surface area contributed by atoms with E-state index in [-0.39, 0.29) is 11.5 Å². The van der Waals surface area contributed by atoms with Crippen molar-refractivity contribution in [2.24, 2.45) is 0 Å². The van der Waals surface area contributed by atoms with Crippen molar-refractivity contribution in [3.63, 3.8) is 0 Å². The number of unbranched alkanes of at least 4 members (excludes halogenated alkanes) is 2. The van der Waals surface area contributed by atoms with Crippen LogP contribution in [-0.2, 0) is 6.42 Å². The van der Waals surface area contributed by atoms with E-state index in [1.165, 1.54) is 6.07 Å². The van der Waals surface area contributed by atoms with E-state index < -0.39 is 0 Å². The van der Waals surface area contributed by atoms with Crippen LogP contribution in [0.4, 0.5) is 0 Å². The van der Waals surface area contributed by atoms with Gasteiger partial charge in [-0.1, -0.05) is 31.4 Å². The summed E-state index contributed by atoms with van der Waals surface area (Å²) < 4.78 is 0. The molecular formula is C11H15ClO2. The third kappa shape index (κ3) is 2.81. The number of halogens is 1. The Kier molecular flexibility index (Phi) is 4.08. The normalized spacial score (nSPS) is 10.4. The summed E-state index contributed by atoms with van der Waals surface area (Å²) in [5.41, 5.74) is 0.807. The maximum absolute atomic E-state index is 9.50. The summed E-state index contributed by atoms with van der Waals surface area (Å²) in [6, 6.07) is 2.92. The van der Waals surface area contributed by atoms with Crippen LogP contribution < -0.4 is 0 Å². The lowest BCUT2D eigenvalue weighted by Gasteiger charge is -2.06. The van der Waals surface area contributed by atoms with Crippen molar-refractivity contribution >= 4 is 11.6 Å². The summed E-state index contributed by atoms with van der Waals surface area (Å²) in [4.78, 5) is 0. The number of rotatable bonds is 4. The molecule has 1 aromatic rings. The third-order valence-electron chi connectivity index (χ3n) is 2.20. The predicted octanol–water partition coefficient (Wildman–Crippen LogP) is 3.48. The summed E-state index contributed by atoms with van der Waals surface area (Å²) in [6.45, 7) is 2.13. The lowest BCUT2D eigenvalue weighted by molar-refractivity contribution is 0.445. The number of hydrogen-bond donors (Lipinski definition) is 2. The van der Waals surface area contributed by atoms with Crippen LogP contribution in [0.1, 0.15) is 31.7 Å². The molecule has 0 aliphatic rings. The topological polar surface area (TPSA) is 40.5 Å². The van der Waals surface area contributed by atoms with Crippen LogP contribution in [0.25, 0.3) is 0 Å². The van der Waals surface area contributed by atoms with E-state index in [0.29, 0.717) is 5.02 Å². The first-order valence-electron chi connectivity index (χ1n) is 4.85. The number of phenolic OH excluding ortho intramolecular Hbond substituents is 2. The molecule has 14 heavy (non-hydrogen) atoms. The van der Waals surface area contributed by atoms with Crippen molar-refractivity contribution in [1.29, 1.82) is 0 Å². The van der Waals surface area contributed by atoms with Gasteiger partial charge in [0.1, 0.15) is 11.5 Å². The Morgan fingerprint density at radius 2 is 1.86 bits per heavy atom. The van der Waals surface area contributed by atoms with E-state index in [9.17, 15) is 10.2 Å². The van der Waals surface area contributed by atoms with Gasteiger partial charge in [-0.05, 0) is 24.5 Å². The Bertz CT molecular complexity index is 310. The van der Waals surface area contributed by atoms with Crippen LogP contribution in [0.5, 0.6) is 11.5 Å². The van der Waals surface area contributed by atoms with Crippen LogP contribution >= 0.6 is 11.6 Å². The maximum Gasteiger partial charge on any atom is 0.137 e. The van der Waals surface area contributed by atoms with E-state index in [4.69, 9.17) is 11.6 Å². The summed E-state index contributed by atoms with van der Waals surface area (Å²) in [5.74, 6) is 0.0615. The molecule has 0 heterocycles. The molecule has 0 amide bonds. The first kappa shape index (κ1) is 11.2. The maximum atomic E-state index is 9.50. The summed E-state index contributed by atoms with van der Waals surface area (Å²) in [6.07, 6.45) is 4.12. The molecule has 0 bridgehead atoms. The van der Waals surface area contributed by atoms with E-state index in [1.807, 2.05) is 0 Å². The van der Waals surface area contributed by atoms with Crippen LogP contribution in [0.3, 0.4) is 0 Å². The SMILES string of the molecule is CCCCCc1cc(Cl)c(O)cc1O. The average molecular weight is 215 g/mol. The minimum absolute atomic E-state index is 0.0663. The molecule has 0 atom stereocenters. The van der Waals surface area contributed by atoms with Gasteiger partial charge in [-0.25, -0.2) is 0 Å². The van der Waals surface area contributed by atoms with Crippen molar-refractivity contribution in [3.05, 3.63) is 22.7 Å². The summed E-state index contributed by atoms with van der Waals surface area (Å²) >= 11 is 5.74. The molecule has 2 nitrogen and oxygen atoms in total. The highest BCUT2D eigenvalue weighted by Gasteiger charge is 2.06. The van der Waals surface area contributed by atoms with E-state index in [0.717, 1.165) is 31.2 Å².